The van der Waals surface area contributed by atoms with Crippen molar-refractivity contribution in [2.24, 2.45) is 0 Å². The summed E-state index contributed by atoms with van der Waals surface area (Å²) in [5, 5.41) is 0. The van der Waals surface area contributed by atoms with Crippen LogP contribution < -0.4 is 0 Å². The van der Waals surface area contributed by atoms with Crippen molar-refractivity contribution in [1.29, 1.82) is 0 Å². The fourth-order valence-electron chi connectivity index (χ4n) is 2.82. The van der Waals surface area contributed by atoms with Gasteiger partial charge in [-0.25, -0.2) is 0 Å². The van der Waals surface area contributed by atoms with Gasteiger partial charge in [-0.05, 0) is 58.9 Å². The summed E-state index contributed by atoms with van der Waals surface area (Å²) in [7, 11) is 2.25. The summed E-state index contributed by atoms with van der Waals surface area (Å²) in [5.74, 6) is 0. The van der Waals surface area contributed by atoms with Gasteiger partial charge in [0.05, 0.1) is 0 Å². The summed E-state index contributed by atoms with van der Waals surface area (Å²) in [5.41, 5.74) is 0. The lowest BCUT2D eigenvalue weighted by Crippen LogP contribution is -2.44. The van der Waals surface area contributed by atoms with Crippen LogP contribution in [-0.4, -0.2) is 49.1 Å². The van der Waals surface area contributed by atoms with Crippen molar-refractivity contribution in [3.8, 4) is 0 Å². The summed E-state index contributed by atoms with van der Waals surface area (Å²) in [6.45, 7) is 5.35. The van der Waals surface area contributed by atoms with Crippen LogP contribution in [0.1, 0.15) is 38.5 Å². The normalized spacial score (nSPS) is 28.9. The second-order valence-corrected chi connectivity index (χ2v) is 4.98. The molecule has 0 unspecified atom stereocenters. The van der Waals surface area contributed by atoms with Crippen LogP contribution >= 0.6 is 0 Å². The number of hydrogen-bond donors (Lipinski definition) is 0. The Kier molecular flexibility index (Phi) is 3.82. The van der Waals surface area contributed by atoms with Crippen LogP contribution in [0, 0.1) is 0 Å². The monoisotopic (exact) mass is 196 g/mol. The molecule has 2 nitrogen and oxygen atoms in total. The highest BCUT2D eigenvalue weighted by Gasteiger charge is 2.23. The van der Waals surface area contributed by atoms with Gasteiger partial charge in [0, 0.05) is 6.04 Å². The van der Waals surface area contributed by atoms with Gasteiger partial charge < -0.3 is 9.80 Å². The Balaban J connectivity index is 1.81. The highest BCUT2D eigenvalue weighted by Crippen LogP contribution is 2.19. The van der Waals surface area contributed by atoms with Gasteiger partial charge in [-0.3, -0.25) is 0 Å². The average Bonchev–Trinajstić information content (AvgIpc) is 2.47. The van der Waals surface area contributed by atoms with E-state index in [1.54, 1.807) is 0 Å². The van der Waals surface area contributed by atoms with Crippen molar-refractivity contribution >= 4 is 0 Å². The maximum atomic E-state index is 2.76. The lowest BCUT2D eigenvalue weighted by atomic mass is 10.0. The first-order valence-electron chi connectivity index (χ1n) is 6.29. The maximum absolute atomic E-state index is 2.76. The molecule has 2 heterocycles. The zero-order chi connectivity index (χ0) is 9.80. The summed E-state index contributed by atoms with van der Waals surface area (Å²) >= 11 is 0. The van der Waals surface area contributed by atoms with Crippen LogP contribution in [-0.2, 0) is 0 Å². The van der Waals surface area contributed by atoms with Gasteiger partial charge in [0.15, 0.2) is 0 Å². The molecule has 2 saturated heterocycles. The third kappa shape index (κ3) is 2.71. The van der Waals surface area contributed by atoms with Crippen LogP contribution in [0.25, 0.3) is 0 Å². The van der Waals surface area contributed by atoms with Gasteiger partial charge >= 0.3 is 0 Å². The van der Waals surface area contributed by atoms with E-state index in [2.05, 4.69) is 16.8 Å². The SMILES string of the molecule is CN1CCC(N2CCCCCC2)CC1. The molecule has 2 aliphatic heterocycles. The fraction of sp³-hybridized carbons (Fsp3) is 1.00. The van der Waals surface area contributed by atoms with Crippen molar-refractivity contribution in [1.82, 2.24) is 9.80 Å². The summed E-state index contributed by atoms with van der Waals surface area (Å²) in [6, 6.07) is 0.907. The Labute approximate surface area is 88.3 Å². The molecule has 0 bridgehead atoms. The summed E-state index contributed by atoms with van der Waals surface area (Å²) in [4.78, 5) is 5.23. The van der Waals surface area contributed by atoms with Crippen molar-refractivity contribution < 1.29 is 0 Å². The standard InChI is InChI=1S/C12H24N2/c1-13-10-6-12(7-11-13)14-8-4-2-3-5-9-14/h12H,2-11H2,1H3. The highest BCUT2D eigenvalue weighted by molar-refractivity contribution is 4.79. The first-order chi connectivity index (χ1) is 6.86. The molecule has 0 N–H and O–H groups in total. The van der Waals surface area contributed by atoms with E-state index in [-0.39, 0.29) is 0 Å². The minimum atomic E-state index is 0.907. The first-order valence-corrected chi connectivity index (χ1v) is 6.29. The Morgan fingerprint density at radius 3 is 1.93 bits per heavy atom. The van der Waals surface area contributed by atoms with E-state index < -0.39 is 0 Å². The zero-order valence-electron chi connectivity index (χ0n) is 9.54. The van der Waals surface area contributed by atoms with E-state index in [4.69, 9.17) is 0 Å². The largest absolute Gasteiger partial charge is 0.306 e. The predicted octanol–water partition coefficient (Wildman–Crippen LogP) is 1.96. The van der Waals surface area contributed by atoms with Crippen LogP contribution in [0.2, 0.25) is 0 Å². The molecule has 2 aliphatic rings. The Morgan fingerprint density at radius 1 is 0.786 bits per heavy atom. The molecule has 0 aromatic heterocycles. The lowest BCUT2D eigenvalue weighted by molar-refractivity contribution is 0.124. The van der Waals surface area contributed by atoms with Gasteiger partial charge in [-0.15, -0.1) is 0 Å². The smallest absolute Gasteiger partial charge is 0.0120 e. The Morgan fingerprint density at radius 2 is 1.36 bits per heavy atom. The second kappa shape index (κ2) is 5.13. The second-order valence-electron chi connectivity index (χ2n) is 4.98. The van der Waals surface area contributed by atoms with E-state index in [0.717, 1.165) is 6.04 Å². The number of piperidine rings is 1. The van der Waals surface area contributed by atoms with Crippen molar-refractivity contribution in [2.75, 3.05) is 33.2 Å². The molecule has 0 aromatic carbocycles. The molecule has 2 rings (SSSR count). The van der Waals surface area contributed by atoms with E-state index in [1.807, 2.05) is 0 Å². The predicted molar refractivity (Wildman–Crippen MR) is 60.6 cm³/mol. The maximum Gasteiger partial charge on any atom is 0.0120 e. The number of hydrogen-bond acceptors (Lipinski definition) is 2. The number of nitrogens with zero attached hydrogens (tertiary/aromatic N) is 2. The van der Waals surface area contributed by atoms with Crippen molar-refractivity contribution in [3.05, 3.63) is 0 Å². The van der Waals surface area contributed by atoms with Crippen LogP contribution in [0.4, 0.5) is 0 Å². The van der Waals surface area contributed by atoms with Gasteiger partial charge in [0.2, 0.25) is 0 Å². The first kappa shape index (κ1) is 10.4. The van der Waals surface area contributed by atoms with Crippen LogP contribution in [0.5, 0.6) is 0 Å². The summed E-state index contributed by atoms with van der Waals surface area (Å²) in [6.07, 6.45) is 8.60. The zero-order valence-corrected chi connectivity index (χ0v) is 9.54. The molecular weight excluding hydrogens is 172 g/mol. The minimum absolute atomic E-state index is 0.907. The molecule has 0 aromatic rings. The molecule has 82 valence electrons. The third-order valence-electron chi connectivity index (χ3n) is 3.85. The van der Waals surface area contributed by atoms with Crippen LogP contribution in [0.15, 0.2) is 0 Å². The van der Waals surface area contributed by atoms with E-state index in [1.165, 1.54) is 64.7 Å². The molecule has 2 fully saturated rings. The highest BCUT2D eigenvalue weighted by atomic mass is 15.2. The van der Waals surface area contributed by atoms with E-state index in [9.17, 15) is 0 Å². The molecule has 2 heteroatoms. The molecule has 0 radical (unpaired) electrons. The van der Waals surface area contributed by atoms with Gasteiger partial charge in [0.25, 0.3) is 0 Å². The third-order valence-corrected chi connectivity index (χ3v) is 3.85. The average molecular weight is 196 g/mol. The van der Waals surface area contributed by atoms with Gasteiger partial charge in [0.1, 0.15) is 0 Å². The van der Waals surface area contributed by atoms with Gasteiger partial charge in [-0.2, -0.15) is 0 Å². The molecule has 14 heavy (non-hydrogen) atoms. The van der Waals surface area contributed by atoms with Crippen LogP contribution in [0.3, 0.4) is 0 Å². The van der Waals surface area contributed by atoms with Crippen molar-refractivity contribution in [3.63, 3.8) is 0 Å². The molecule has 0 aliphatic carbocycles. The lowest BCUT2D eigenvalue weighted by Gasteiger charge is -2.36. The number of rotatable bonds is 1. The quantitative estimate of drug-likeness (QED) is 0.632. The molecule has 0 atom stereocenters. The summed E-state index contributed by atoms with van der Waals surface area (Å²) < 4.78 is 0. The van der Waals surface area contributed by atoms with Crippen molar-refractivity contribution in [2.45, 2.75) is 44.6 Å². The van der Waals surface area contributed by atoms with E-state index in [0.29, 0.717) is 0 Å². The molecule has 0 spiro atoms. The molecule has 0 amide bonds. The Hall–Kier alpha value is -0.0800. The topological polar surface area (TPSA) is 6.48 Å². The fourth-order valence-corrected chi connectivity index (χ4v) is 2.82. The number of likely N-dealkylation sites (tertiary alicyclic amines) is 2. The Bertz CT molecular complexity index is 154. The molecule has 0 saturated carbocycles. The van der Waals surface area contributed by atoms with Gasteiger partial charge in [-0.1, -0.05) is 12.8 Å². The van der Waals surface area contributed by atoms with E-state index >= 15 is 0 Å². The molecular formula is C12H24N2. The minimum Gasteiger partial charge on any atom is -0.306 e.